The molecule has 0 aromatic heterocycles. The monoisotopic (exact) mass is 170 g/mol. The van der Waals surface area contributed by atoms with Crippen molar-refractivity contribution in [3.8, 4) is 0 Å². The molecule has 2 aliphatic rings. The van der Waals surface area contributed by atoms with Crippen molar-refractivity contribution in [2.24, 2.45) is 0 Å². The maximum absolute atomic E-state index is 3.28. The molecule has 2 fully saturated rings. The van der Waals surface area contributed by atoms with E-state index in [2.05, 4.69) is 10.6 Å². The van der Waals surface area contributed by atoms with Crippen molar-refractivity contribution in [3.63, 3.8) is 0 Å². The van der Waals surface area contributed by atoms with Crippen LogP contribution >= 0.6 is 0 Å². The molecule has 72 valence electrons. The lowest BCUT2D eigenvalue weighted by Gasteiger charge is -2.08. The van der Waals surface area contributed by atoms with E-state index in [9.17, 15) is 0 Å². The van der Waals surface area contributed by atoms with Gasteiger partial charge in [-0.15, -0.1) is 0 Å². The Morgan fingerprint density at radius 2 is 0.750 bits per heavy atom. The molecule has 0 amide bonds. The van der Waals surface area contributed by atoms with Gasteiger partial charge in [-0.3, -0.25) is 0 Å². The predicted octanol–water partition coefficient (Wildman–Crippen LogP) is 1.52. The van der Waals surface area contributed by atoms with Gasteiger partial charge in [-0.25, -0.2) is 0 Å². The fourth-order valence-corrected chi connectivity index (χ4v) is 1.60. The standard InChI is InChI=1S/2C5H11N/c2*1-2-4-6-5-3-1/h2*6H,1-5H2. The molecule has 2 heteroatoms. The molecule has 0 aromatic carbocycles. The van der Waals surface area contributed by atoms with E-state index in [0.717, 1.165) is 0 Å². The highest BCUT2D eigenvalue weighted by molar-refractivity contribution is 4.55. The van der Waals surface area contributed by atoms with E-state index in [1.165, 1.54) is 64.7 Å². The van der Waals surface area contributed by atoms with Crippen molar-refractivity contribution < 1.29 is 0 Å². The third-order valence-corrected chi connectivity index (χ3v) is 2.41. The Hall–Kier alpha value is -0.0800. The molecule has 0 unspecified atom stereocenters. The molecule has 0 bridgehead atoms. The molecule has 2 N–H and O–H groups in total. The molecule has 0 spiro atoms. The minimum atomic E-state index is 1.25. The van der Waals surface area contributed by atoms with Gasteiger partial charge in [0.2, 0.25) is 0 Å². The molecule has 2 nitrogen and oxygen atoms in total. The average Bonchev–Trinajstić information content (AvgIpc) is 2.24. The topological polar surface area (TPSA) is 24.1 Å². The first kappa shape index (κ1) is 10.0. The molecule has 2 rings (SSSR count). The third kappa shape index (κ3) is 5.56. The first-order valence-corrected chi connectivity index (χ1v) is 5.41. The molecule has 0 saturated carbocycles. The van der Waals surface area contributed by atoms with Gasteiger partial charge >= 0.3 is 0 Å². The predicted molar refractivity (Wildman–Crippen MR) is 53.4 cm³/mol. The highest BCUT2D eigenvalue weighted by Gasteiger charge is 1.94. The molecule has 0 atom stereocenters. The second-order valence-corrected chi connectivity index (χ2v) is 3.62. The summed E-state index contributed by atoms with van der Waals surface area (Å²) in [5.41, 5.74) is 0. The first-order valence-electron chi connectivity index (χ1n) is 5.41. The van der Waals surface area contributed by atoms with E-state index in [4.69, 9.17) is 0 Å². The molecule has 0 aliphatic carbocycles. The Morgan fingerprint density at radius 3 is 0.833 bits per heavy atom. The Balaban J connectivity index is 0.000000120. The van der Waals surface area contributed by atoms with Crippen LogP contribution in [0.4, 0.5) is 0 Å². The van der Waals surface area contributed by atoms with Crippen molar-refractivity contribution in [2.45, 2.75) is 38.5 Å². The third-order valence-electron chi connectivity index (χ3n) is 2.41. The lowest BCUT2D eigenvalue weighted by Crippen LogP contribution is -2.21. The maximum Gasteiger partial charge on any atom is -0.00489 e. The lowest BCUT2D eigenvalue weighted by atomic mass is 10.2. The van der Waals surface area contributed by atoms with Crippen LogP contribution in [0.25, 0.3) is 0 Å². The average molecular weight is 170 g/mol. The summed E-state index contributed by atoms with van der Waals surface area (Å²) in [5, 5.41) is 6.57. The summed E-state index contributed by atoms with van der Waals surface area (Å²) in [5.74, 6) is 0. The summed E-state index contributed by atoms with van der Waals surface area (Å²) >= 11 is 0. The molecular formula is C10H22N2. The van der Waals surface area contributed by atoms with Crippen molar-refractivity contribution in [3.05, 3.63) is 0 Å². The van der Waals surface area contributed by atoms with Crippen LogP contribution in [0.1, 0.15) is 38.5 Å². The summed E-state index contributed by atoms with van der Waals surface area (Å²) < 4.78 is 0. The van der Waals surface area contributed by atoms with Gasteiger partial charge in [0.1, 0.15) is 0 Å². The number of rotatable bonds is 0. The van der Waals surface area contributed by atoms with Gasteiger partial charge in [0.25, 0.3) is 0 Å². The summed E-state index contributed by atoms with van der Waals surface area (Å²) in [4.78, 5) is 0. The zero-order valence-corrected chi connectivity index (χ0v) is 8.07. The minimum absolute atomic E-state index is 1.25. The van der Waals surface area contributed by atoms with Crippen LogP contribution < -0.4 is 10.6 Å². The first-order chi connectivity index (χ1) is 6.00. The maximum atomic E-state index is 3.28. The molecule has 2 aliphatic heterocycles. The lowest BCUT2D eigenvalue weighted by molar-refractivity contribution is 0.520. The molecule has 2 heterocycles. The van der Waals surface area contributed by atoms with Crippen LogP contribution in [-0.4, -0.2) is 26.2 Å². The Morgan fingerprint density at radius 1 is 0.417 bits per heavy atom. The van der Waals surface area contributed by atoms with Crippen molar-refractivity contribution in [1.82, 2.24) is 10.6 Å². The fraction of sp³-hybridized carbons (Fsp3) is 1.00. The van der Waals surface area contributed by atoms with Gasteiger partial charge in [-0.1, -0.05) is 12.8 Å². The van der Waals surface area contributed by atoms with E-state index in [1.54, 1.807) is 0 Å². The van der Waals surface area contributed by atoms with Crippen molar-refractivity contribution >= 4 is 0 Å². The second-order valence-electron chi connectivity index (χ2n) is 3.62. The minimum Gasteiger partial charge on any atom is -0.317 e. The fourth-order valence-electron chi connectivity index (χ4n) is 1.60. The molecule has 12 heavy (non-hydrogen) atoms. The van der Waals surface area contributed by atoms with Gasteiger partial charge < -0.3 is 10.6 Å². The summed E-state index contributed by atoms with van der Waals surface area (Å²) in [7, 11) is 0. The van der Waals surface area contributed by atoms with Crippen molar-refractivity contribution in [1.29, 1.82) is 0 Å². The Labute approximate surface area is 76.1 Å². The summed E-state index contributed by atoms with van der Waals surface area (Å²) in [6, 6.07) is 0. The van der Waals surface area contributed by atoms with Gasteiger partial charge in [-0.2, -0.15) is 0 Å². The van der Waals surface area contributed by atoms with Crippen LogP contribution in [0.2, 0.25) is 0 Å². The molecular weight excluding hydrogens is 148 g/mol. The highest BCUT2D eigenvalue weighted by Crippen LogP contribution is 1.97. The van der Waals surface area contributed by atoms with Crippen molar-refractivity contribution in [2.75, 3.05) is 26.2 Å². The van der Waals surface area contributed by atoms with Crippen LogP contribution in [0, 0.1) is 0 Å². The normalized spacial score (nSPS) is 24.0. The van der Waals surface area contributed by atoms with Crippen LogP contribution in [0.5, 0.6) is 0 Å². The second kappa shape index (κ2) is 7.56. The number of nitrogens with one attached hydrogen (secondary N) is 2. The van der Waals surface area contributed by atoms with Crippen LogP contribution in [0.3, 0.4) is 0 Å². The molecule has 0 aromatic rings. The van der Waals surface area contributed by atoms with Crippen LogP contribution in [0.15, 0.2) is 0 Å². The number of hydrogen-bond acceptors (Lipinski definition) is 2. The van der Waals surface area contributed by atoms with E-state index in [-0.39, 0.29) is 0 Å². The molecule has 0 radical (unpaired) electrons. The van der Waals surface area contributed by atoms with Gasteiger partial charge in [-0.05, 0) is 51.9 Å². The molecule has 2 saturated heterocycles. The van der Waals surface area contributed by atoms with Crippen LogP contribution in [-0.2, 0) is 0 Å². The zero-order valence-electron chi connectivity index (χ0n) is 8.07. The largest absolute Gasteiger partial charge is 0.317 e. The summed E-state index contributed by atoms with van der Waals surface area (Å²) in [6.45, 7) is 5.00. The summed E-state index contributed by atoms with van der Waals surface area (Å²) in [6.07, 6.45) is 8.43. The number of hydrogen-bond donors (Lipinski definition) is 2. The van der Waals surface area contributed by atoms with Gasteiger partial charge in [0.05, 0.1) is 0 Å². The van der Waals surface area contributed by atoms with E-state index >= 15 is 0 Å². The van der Waals surface area contributed by atoms with Gasteiger partial charge in [0, 0.05) is 0 Å². The smallest absolute Gasteiger partial charge is 0.00489 e. The highest BCUT2D eigenvalue weighted by atomic mass is 14.9. The Kier molecular flexibility index (Phi) is 6.30. The number of piperidine rings is 2. The Bertz CT molecular complexity index is 50.8. The van der Waals surface area contributed by atoms with Gasteiger partial charge in [0.15, 0.2) is 0 Å². The van der Waals surface area contributed by atoms with E-state index < -0.39 is 0 Å². The quantitative estimate of drug-likeness (QED) is 0.576. The van der Waals surface area contributed by atoms with E-state index in [0.29, 0.717) is 0 Å². The zero-order chi connectivity index (χ0) is 8.49. The van der Waals surface area contributed by atoms with E-state index in [1.807, 2.05) is 0 Å². The SMILES string of the molecule is C1CCNCC1.C1CCNCC1.